The third-order valence-corrected chi connectivity index (χ3v) is 5.26. The molecule has 1 saturated heterocycles. The van der Waals surface area contributed by atoms with Crippen LogP contribution in [0.25, 0.3) is 0 Å². The monoisotopic (exact) mass is 348 g/mol. The average molecular weight is 348 g/mol. The summed E-state index contributed by atoms with van der Waals surface area (Å²) in [5.74, 6) is -3.11. The Morgan fingerprint density at radius 2 is 2.13 bits per heavy atom. The van der Waals surface area contributed by atoms with Crippen molar-refractivity contribution in [3.63, 3.8) is 0 Å². The molecule has 0 saturated carbocycles. The van der Waals surface area contributed by atoms with E-state index < -0.39 is 27.6 Å². The number of hydrogen-bond donors (Lipinski definition) is 1. The van der Waals surface area contributed by atoms with Crippen molar-refractivity contribution in [2.24, 2.45) is 0 Å². The van der Waals surface area contributed by atoms with Crippen molar-refractivity contribution in [3.8, 4) is 0 Å². The Hall–Kier alpha value is -1.58. The molecule has 1 amide bonds. The van der Waals surface area contributed by atoms with E-state index in [1.165, 1.54) is 4.31 Å². The molecular formula is C14H18F2N2O4S. The van der Waals surface area contributed by atoms with Gasteiger partial charge in [-0.15, -0.1) is 0 Å². The van der Waals surface area contributed by atoms with E-state index in [2.05, 4.69) is 5.32 Å². The first-order valence-corrected chi connectivity index (χ1v) is 8.73. The fourth-order valence-electron chi connectivity index (χ4n) is 2.20. The van der Waals surface area contributed by atoms with E-state index in [1.807, 2.05) is 0 Å². The largest absolute Gasteiger partial charge is 0.376 e. The second kappa shape index (κ2) is 7.33. The smallest absolute Gasteiger partial charge is 0.251 e. The normalized spacial score (nSPS) is 19.5. The number of ether oxygens (including phenoxy) is 1. The van der Waals surface area contributed by atoms with Crippen LogP contribution in [0.4, 0.5) is 8.78 Å². The number of morpholine rings is 1. The highest BCUT2D eigenvalue weighted by Crippen LogP contribution is 2.10. The fourth-order valence-corrected chi connectivity index (χ4v) is 3.61. The molecule has 1 heterocycles. The Kier molecular flexibility index (Phi) is 5.66. The van der Waals surface area contributed by atoms with Gasteiger partial charge in [0, 0.05) is 25.2 Å². The van der Waals surface area contributed by atoms with Crippen LogP contribution < -0.4 is 5.32 Å². The van der Waals surface area contributed by atoms with Gasteiger partial charge in [0.25, 0.3) is 5.91 Å². The summed E-state index contributed by atoms with van der Waals surface area (Å²) in [5.41, 5.74) is -0.0682. The van der Waals surface area contributed by atoms with Crippen molar-refractivity contribution >= 4 is 15.9 Å². The number of benzene rings is 1. The molecule has 128 valence electrons. The second-order valence-corrected chi connectivity index (χ2v) is 7.33. The fraction of sp³-hybridized carbons (Fsp3) is 0.500. The van der Waals surface area contributed by atoms with Crippen molar-refractivity contribution < 1.29 is 26.7 Å². The first-order chi connectivity index (χ1) is 10.8. The van der Waals surface area contributed by atoms with E-state index in [-0.39, 0.29) is 37.1 Å². The van der Waals surface area contributed by atoms with Crippen LogP contribution in [0.1, 0.15) is 17.3 Å². The molecule has 1 aromatic rings. The Labute approximate surface area is 133 Å². The number of carbonyl (C=O) groups excluding carboxylic acids is 1. The van der Waals surface area contributed by atoms with Crippen LogP contribution in [-0.4, -0.2) is 56.7 Å². The number of carbonyl (C=O) groups is 1. The van der Waals surface area contributed by atoms with Gasteiger partial charge in [-0.2, -0.15) is 4.31 Å². The molecule has 1 N–H and O–H groups in total. The summed E-state index contributed by atoms with van der Waals surface area (Å²) in [6.07, 6.45) is -0.171. The summed E-state index contributed by atoms with van der Waals surface area (Å²) >= 11 is 0. The minimum atomic E-state index is -3.50. The van der Waals surface area contributed by atoms with Gasteiger partial charge < -0.3 is 10.1 Å². The lowest BCUT2D eigenvalue weighted by molar-refractivity contribution is 0.0102. The molecule has 9 heteroatoms. The topological polar surface area (TPSA) is 75.7 Å². The third-order valence-electron chi connectivity index (χ3n) is 3.42. The van der Waals surface area contributed by atoms with Crippen LogP contribution in [0.3, 0.4) is 0 Å². The Morgan fingerprint density at radius 1 is 1.39 bits per heavy atom. The summed E-state index contributed by atoms with van der Waals surface area (Å²) in [4.78, 5) is 11.8. The zero-order chi connectivity index (χ0) is 17.0. The molecule has 2 rings (SSSR count). The highest BCUT2D eigenvalue weighted by atomic mass is 32.2. The van der Waals surface area contributed by atoms with Gasteiger partial charge >= 0.3 is 0 Å². The summed E-state index contributed by atoms with van der Waals surface area (Å²) in [7, 11) is -3.50. The number of halogens is 2. The molecule has 0 bridgehead atoms. The molecule has 0 radical (unpaired) electrons. The van der Waals surface area contributed by atoms with Gasteiger partial charge in [0.15, 0.2) is 11.6 Å². The SMILES string of the molecule is CC1CN(S(=O)(=O)CCNC(=O)c2ccc(F)c(F)c2)CCO1. The van der Waals surface area contributed by atoms with E-state index >= 15 is 0 Å². The molecule has 1 unspecified atom stereocenters. The third kappa shape index (κ3) is 4.69. The molecule has 0 aromatic heterocycles. The Balaban J connectivity index is 1.88. The summed E-state index contributed by atoms with van der Waals surface area (Å²) in [5, 5.41) is 2.39. The molecule has 6 nitrogen and oxygen atoms in total. The molecule has 0 spiro atoms. The summed E-state index contributed by atoms with van der Waals surface area (Å²) < 4.78 is 56.8. The Morgan fingerprint density at radius 3 is 2.78 bits per heavy atom. The van der Waals surface area contributed by atoms with Gasteiger partial charge in [-0.1, -0.05) is 0 Å². The van der Waals surface area contributed by atoms with Crippen LogP contribution in [0.15, 0.2) is 18.2 Å². The molecule has 23 heavy (non-hydrogen) atoms. The molecule has 1 aliphatic rings. The maximum Gasteiger partial charge on any atom is 0.251 e. The van der Waals surface area contributed by atoms with E-state index in [0.717, 1.165) is 18.2 Å². The molecule has 1 aliphatic heterocycles. The van der Waals surface area contributed by atoms with E-state index in [0.29, 0.717) is 6.61 Å². The van der Waals surface area contributed by atoms with Crippen LogP contribution >= 0.6 is 0 Å². The van der Waals surface area contributed by atoms with E-state index in [1.54, 1.807) is 6.92 Å². The number of sulfonamides is 1. The van der Waals surface area contributed by atoms with Gasteiger partial charge in [-0.25, -0.2) is 17.2 Å². The molecule has 1 fully saturated rings. The highest BCUT2D eigenvalue weighted by Gasteiger charge is 2.27. The lowest BCUT2D eigenvalue weighted by Crippen LogP contribution is -2.46. The first kappa shape index (κ1) is 17.8. The zero-order valence-electron chi connectivity index (χ0n) is 12.6. The van der Waals surface area contributed by atoms with E-state index in [9.17, 15) is 22.0 Å². The van der Waals surface area contributed by atoms with Crippen LogP contribution in [0.2, 0.25) is 0 Å². The predicted octanol–water partition coefficient (Wildman–Crippen LogP) is 0.745. The van der Waals surface area contributed by atoms with E-state index in [4.69, 9.17) is 4.74 Å². The van der Waals surface area contributed by atoms with Crippen LogP contribution in [0, 0.1) is 11.6 Å². The predicted molar refractivity (Wildman–Crippen MR) is 79.5 cm³/mol. The number of hydrogen-bond acceptors (Lipinski definition) is 4. The Bertz CT molecular complexity index is 681. The maximum atomic E-state index is 13.1. The lowest BCUT2D eigenvalue weighted by Gasteiger charge is -2.30. The van der Waals surface area contributed by atoms with Crippen molar-refractivity contribution in [2.75, 3.05) is 32.0 Å². The lowest BCUT2D eigenvalue weighted by atomic mass is 10.2. The minimum Gasteiger partial charge on any atom is -0.376 e. The van der Waals surface area contributed by atoms with Crippen molar-refractivity contribution in [3.05, 3.63) is 35.4 Å². The molecule has 1 atom stereocenters. The zero-order valence-corrected chi connectivity index (χ0v) is 13.4. The second-order valence-electron chi connectivity index (χ2n) is 5.24. The summed E-state index contributed by atoms with van der Waals surface area (Å²) in [6, 6.07) is 2.74. The van der Waals surface area contributed by atoms with Gasteiger partial charge in [0.2, 0.25) is 10.0 Å². The van der Waals surface area contributed by atoms with Gasteiger partial charge in [0.05, 0.1) is 18.5 Å². The molecular weight excluding hydrogens is 330 g/mol. The highest BCUT2D eigenvalue weighted by molar-refractivity contribution is 7.89. The molecule has 1 aromatic carbocycles. The number of nitrogens with zero attached hydrogens (tertiary/aromatic N) is 1. The standard InChI is InChI=1S/C14H18F2N2O4S/c1-10-9-18(5-6-22-10)23(20,21)7-4-17-14(19)11-2-3-12(15)13(16)8-11/h2-3,8,10H,4-7,9H2,1H3,(H,17,19). The van der Waals surface area contributed by atoms with Gasteiger partial charge in [-0.05, 0) is 25.1 Å². The number of rotatable bonds is 5. The van der Waals surface area contributed by atoms with Crippen molar-refractivity contribution in [1.82, 2.24) is 9.62 Å². The average Bonchev–Trinajstić information content (AvgIpc) is 2.49. The summed E-state index contributed by atoms with van der Waals surface area (Å²) in [6.45, 7) is 2.56. The van der Waals surface area contributed by atoms with Crippen LogP contribution in [-0.2, 0) is 14.8 Å². The van der Waals surface area contributed by atoms with Gasteiger partial charge in [0.1, 0.15) is 0 Å². The van der Waals surface area contributed by atoms with Crippen molar-refractivity contribution in [2.45, 2.75) is 13.0 Å². The first-order valence-electron chi connectivity index (χ1n) is 7.12. The van der Waals surface area contributed by atoms with Crippen molar-refractivity contribution in [1.29, 1.82) is 0 Å². The maximum absolute atomic E-state index is 13.1. The quantitative estimate of drug-likeness (QED) is 0.852. The minimum absolute atomic E-state index is 0.0682. The number of nitrogens with one attached hydrogen (secondary N) is 1. The molecule has 0 aliphatic carbocycles. The number of amides is 1. The van der Waals surface area contributed by atoms with Crippen LogP contribution in [0.5, 0.6) is 0 Å². The van der Waals surface area contributed by atoms with Gasteiger partial charge in [-0.3, -0.25) is 4.79 Å².